The zero-order valence-corrected chi connectivity index (χ0v) is 12.7. The van der Waals surface area contributed by atoms with E-state index in [9.17, 15) is 14.9 Å². The quantitative estimate of drug-likeness (QED) is 0.586. The molecule has 0 bridgehead atoms. The van der Waals surface area contributed by atoms with Gasteiger partial charge in [-0.05, 0) is 39.3 Å². The maximum absolute atomic E-state index is 11.6. The van der Waals surface area contributed by atoms with Crippen LogP contribution in [0.4, 0.5) is 5.69 Å². The zero-order valence-electron chi connectivity index (χ0n) is 12.7. The van der Waals surface area contributed by atoms with Crippen molar-refractivity contribution in [3.63, 3.8) is 0 Å². The number of primary amides is 1. The lowest BCUT2D eigenvalue weighted by Crippen LogP contribution is -2.59. The standard InChI is InChI=1S/C14H21N3O4/c1-9(2)16-14(4,13(15)18)8-21-12-7-10(3)5-6-11(12)17(19)20/h5-7,9,16H,8H2,1-4H3,(H2,15,18). The SMILES string of the molecule is Cc1ccc([N+](=O)[O-])c(OCC(C)(NC(C)C)C(N)=O)c1. The fraction of sp³-hybridized carbons (Fsp3) is 0.500. The average Bonchev–Trinajstić information content (AvgIpc) is 2.35. The van der Waals surface area contributed by atoms with E-state index in [1.165, 1.54) is 6.07 Å². The number of hydrogen-bond donors (Lipinski definition) is 2. The molecule has 1 rings (SSSR count). The Morgan fingerprint density at radius 1 is 1.52 bits per heavy atom. The Kier molecular flexibility index (Phi) is 5.26. The van der Waals surface area contributed by atoms with Crippen LogP contribution >= 0.6 is 0 Å². The van der Waals surface area contributed by atoms with Gasteiger partial charge in [0.1, 0.15) is 12.1 Å². The first-order valence-electron chi connectivity index (χ1n) is 6.61. The van der Waals surface area contributed by atoms with Crippen LogP contribution < -0.4 is 15.8 Å². The number of hydrogen-bond acceptors (Lipinski definition) is 5. The van der Waals surface area contributed by atoms with E-state index in [0.717, 1.165) is 5.56 Å². The number of nitro benzene ring substituents is 1. The third kappa shape index (κ3) is 4.42. The third-order valence-corrected chi connectivity index (χ3v) is 2.98. The van der Waals surface area contributed by atoms with E-state index in [2.05, 4.69) is 5.32 Å². The fourth-order valence-corrected chi connectivity index (χ4v) is 1.93. The molecule has 1 aromatic carbocycles. The Hall–Kier alpha value is -2.15. The molecule has 0 saturated heterocycles. The van der Waals surface area contributed by atoms with E-state index in [1.807, 2.05) is 13.8 Å². The number of rotatable bonds is 7. The highest BCUT2D eigenvalue weighted by atomic mass is 16.6. The first kappa shape index (κ1) is 16.9. The van der Waals surface area contributed by atoms with Crippen molar-refractivity contribution in [2.75, 3.05) is 6.61 Å². The maximum atomic E-state index is 11.6. The molecule has 1 amide bonds. The van der Waals surface area contributed by atoms with Gasteiger partial charge in [-0.15, -0.1) is 0 Å². The maximum Gasteiger partial charge on any atom is 0.310 e. The Bertz CT molecular complexity index is 545. The number of nitrogens with two attached hydrogens (primary N) is 1. The molecule has 1 unspecified atom stereocenters. The molecule has 0 aromatic heterocycles. The van der Waals surface area contributed by atoms with Crippen LogP contribution in [0.1, 0.15) is 26.3 Å². The van der Waals surface area contributed by atoms with Crippen molar-refractivity contribution < 1.29 is 14.5 Å². The van der Waals surface area contributed by atoms with Gasteiger partial charge in [0.15, 0.2) is 5.75 Å². The van der Waals surface area contributed by atoms with Gasteiger partial charge < -0.3 is 10.5 Å². The fourth-order valence-electron chi connectivity index (χ4n) is 1.93. The summed E-state index contributed by atoms with van der Waals surface area (Å²) in [6.45, 7) is 7.06. The summed E-state index contributed by atoms with van der Waals surface area (Å²) in [7, 11) is 0. The van der Waals surface area contributed by atoms with E-state index in [0.29, 0.717) is 0 Å². The number of carbonyl (C=O) groups is 1. The van der Waals surface area contributed by atoms with Crippen molar-refractivity contribution >= 4 is 11.6 Å². The Labute approximate surface area is 123 Å². The molecule has 7 heteroatoms. The minimum Gasteiger partial charge on any atom is -0.484 e. The van der Waals surface area contributed by atoms with E-state index in [-0.39, 0.29) is 24.1 Å². The molecule has 21 heavy (non-hydrogen) atoms. The largest absolute Gasteiger partial charge is 0.484 e. The zero-order chi connectivity index (χ0) is 16.2. The molecule has 0 fully saturated rings. The van der Waals surface area contributed by atoms with Crippen LogP contribution in [0.5, 0.6) is 5.75 Å². The van der Waals surface area contributed by atoms with Crippen LogP contribution in [0.2, 0.25) is 0 Å². The van der Waals surface area contributed by atoms with Crippen molar-refractivity contribution in [1.29, 1.82) is 0 Å². The molecule has 0 radical (unpaired) electrons. The van der Waals surface area contributed by atoms with Gasteiger partial charge >= 0.3 is 5.69 Å². The molecule has 7 nitrogen and oxygen atoms in total. The Morgan fingerprint density at radius 2 is 2.14 bits per heavy atom. The van der Waals surface area contributed by atoms with E-state index < -0.39 is 16.4 Å². The van der Waals surface area contributed by atoms with Gasteiger partial charge in [0.05, 0.1) is 4.92 Å². The minimum absolute atomic E-state index is 0.0126. The van der Waals surface area contributed by atoms with E-state index in [4.69, 9.17) is 10.5 Å². The minimum atomic E-state index is -1.11. The average molecular weight is 295 g/mol. The number of benzene rings is 1. The van der Waals surface area contributed by atoms with Crippen LogP contribution in [0.15, 0.2) is 18.2 Å². The first-order valence-corrected chi connectivity index (χ1v) is 6.61. The highest BCUT2D eigenvalue weighted by Crippen LogP contribution is 2.28. The molecular formula is C14H21N3O4. The number of nitrogens with zero attached hydrogens (tertiary/aromatic N) is 1. The van der Waals surface area contributed by atoms with Gasteiger partial charge in [0.25, 0.3) is 0 Å². The van der Waals surface area contributed by atoms with Crippen LogP contribution in [-0.2, 0) is 4.79 Å². The van der Waals surface area contributed by atoms with Gasteiger partial charge in [0, 0.05) is 12.1 Å². The number of nitrogens with one attached hydrogen (secondary N) is 1. The van der Waals surface area contributed by atoms with Crippen molar-refractivity contribution in [2.24, 2.45) is 5.73 Å². The highest BCUT2D eigenvalue weighted by molar-refractivity contribution is 5.84. The number of ether oxygens (including phenoxy) is 1. The highest BCUT2D eigenvalue weighted by Gasteiger charge is 2.33. The number of carbonyl (C=O) groups excluding carboxylic acids is 1. The van der Waals surface area contributed by atoms with Gasteiger partial charge in [-0.25, -0.2) is 0 Å². The van der Waals surface area contributed by atoms with Gasteiger partial charge in [-0.1, -0.05) is 6.07 Å². The molecule has 0 spiro atoms. The summed E-state index contributed by atoms with van der Waals surface area (Å²) < 4.78 is 5.50. The van der Waals surface area contributed by atoms with Gasteiger partial charge in [0.2, 0.25) is 5.91 Å². The molecule has 0 aliphatic carbocycles. The van der Waals surface area contributed by atoms with E-state index in [1.54, 1.807) is 26.0 Å². The summed E-state index contributed by atoms with van der Waals surface area (Å²) in [5, 5.41) is 14.0. The second-order valence-electron chi connectivity index (χ2n) is 5.51. The lowest BCUT2D eigenvalue weighted by molar-refractivity contribution is -0.385. The number of amides is 1. The lowest BCUT2D eigenvalue weighted by atomic mass is 10.0. The normalized spacial score (nSPS) is 13.8. The number of nitro groups is 1. The molecule has 1 aromatic rings. The number of aryl methyl sites for hydroxylation is 1. The predicted molar refractivity (Wildman–Crippen MR) is 79.2 cm³/mol. The topological polar surface area (TPSA) is 107 Å². The molecule has 0 saturated carbocycles. The summed E-state index contributed by atoms with van der Waals surface area (Å²) in [6.07, 6.45) is 0. The molecule has 0 aliphatic heterocycles. The lowest BCUT2D eigenvalue weighted by Gasteiger charge is -2.29. The molecular weight excluding hydrogens is 274 g/mol. The van der Waals surface area contributed by atoms with Crippen molar-refractivity contribution in [3.05, 3.63) is 33.9 Å². The van der Waals surface area contributed by atoms with Crippen molar-refractivity contribution in [1.82, 2.24) is 5.32 Å². The van der Waals surface area contributed by atoms with Crippen LogP contribution in [0, 0.1) is 17.0 Å². The van der Waals surface area contributed by atoms with E-state index >= 15 is 0 Å². The summed E-state index contributed by atoms with van der Waals surface area (Å²) in [5.41, 5.74) is 4.98. The Morgan fingerprint density at radius 3 is 2.62 bits per heavy atom. The second-order valence-corrected chi connectivity index (χ2v) is 5.51. The summed E-state index contributed by atoms with van der Waals surface area (Å²) in [5.74, 6) is -0.454. The molecule has 3 N–H and O–H groups in total. The van der Waals surface area contributed by atoms with Crippen LogP contribution in [0.25, 0.3) is 0 Å². The second kappa shape index (κ2) is 6.53. The first-order chi connectivity index (χ1) is 9.65. The smallest absolute Gasteiger partial charge is 0.310 e. The molecule has 0 aliphatic rings. The predicted octanol–water partition coefficient (Wildman–Crippen LogP) is 1.52. The van der Waals surface area contributed by atoms with Crippen LogP contribution in [0.3, 0.4) is 0 Å². The molecule has 0 heterocycles. The van der Waals surface area contributed by atoms with Gasteiger partial charge in [-0.3, -0.25) is 20.2 Å². The monoisotopic (exact) mass is 295 g/mol. The Balaban J connectivity index is 2.98. The summed E-state index contributed by atoms with van der Waals surface area (Å²) in [4.78, 5) is 22.1. The van der Waals surface area contributed by atoms with Gasteiger partial charge in [-0.2, -0.15) is 0 Å². The summed E-state index contributed by atoms with van der Waals surface area (Å²) in [6, 6.07) is 4.58. The summed E-state index contributed by atoms with van der Waals surface area (Å²) >= 11 is 0. The van der Waals surface area contributed by atoms with Crippen LogP contribution in [-0.4, -0.2) is 29.0 Å². The molecule has 1 atom stereocenters. The van der Waals surface area contributed by atoms with Crippen molar-refractivity contribution in [2.45, 2.75) is 39.3 Å². The molecule has 116 valence electrons. The van der Waals surface area contributed by atoms with Crippen molar-refractivity contribution in [3.8, 4) is 5.75 Å². The third-order valence-electron chi connectivity index (χ3n) is 2.98.